The van der Waals surface area contributed by atoms with Gasteiger partial charge in [-0.15, -0.1) is 11.3 Å². The molecule has 0 bridgehead atoms. The number of amides is 2. The van der Waals surface area contributed by atoms with E-state index >= 15 is 0 Å². The maximum atomic E-state index is 12.6. The minimum absolute atomic E-state index is 0.0790. The van der Waals surface area contributed by atoms with E-state index in [1.165, 1.54) is 22.2 Å². The number of carbonyl (C=O) groups is 2. The Morgan fingerprint density at radius 3 is 2.64 bits per heavy atom. The molecule has 1 saturated heterocycles. The highest BCUT2D eigenvalue weighted by molar-refractivity contribution is 8.00. The Morgan fingerprint density at radius 1 is 1.16 bits per heavy atom. The van der Waals surface area contributed by atoms with Crippen molar-refractivity contribution in [3.05, 3.63) is 16.8 Å². The molecule has 8 heteroatoms. The van der Waals surface area contributed by atoms with Crippen LogP contribution < -0.4 is 0 Å². The molecule has 0 aromatic carbocycles. The molecule has 0 aliphatic carbocycles. The quantitative estimate of drug-likeness (QED) is 0.606. The van der Waals surface area contributed by atoms with Gasteiger partial charge in [0.05, 0.1) is 5.75 Å². The molecule has 1 aliphatic rings. The topological polar surface area (TPSA) is 66.4 Å². The standard InChI is InChI=1S/C17H22N4O2S2/c1-11-12(2)25-17-15(11)16(18-10-19-17)24-9-14(23)21-6-4-5-20(7-8-21)13(3)22/h10H,4-9H2,1-3H3. The molecule has 1 aliphatic heterocycles. The molecule has 0 N–H and O–H groups in total. The van der Waals surface area contributed by atoms with E-state index < -0.39 is 0 Å². The lowest BCUT2D eigenvalue weighted by atomic mass is 10.2. The van der Waals surface area contributed by atoms with Crippen molar-refractivity contribution in [1.29, 1.82) is 0 Å². The fourth-order valence-electron chi connectivity index (χ4n) is 2.96. The Hall–Kier alpha value is -1.67. The maximum absolute atomic E-state index is 12.6. The molecule has 3 heterocycles. The summed E-state index contributed by atoms with van der Waals surface area (Å²) in [5.41, 5.74) is 1.20. The van der Waals surface area contributed by atoms with Crippen LogP contribution in [-0.2, 0) is 9.59 Å². The summed E-state index contributed by atoms with van der Waals surface area (Å²) in [5.74, 6) is 0.544. The van der Waals surface area contributed by atoms with E-state index in [2.05, 4.69) is 23.8 Å². The van der Waals surface area contributed by atoms with E-state index in [1.807, 2.05) is 9.80 Å². The molecule has 0 spiro atoms. The van der Waals surface area contributed by atoms with Gasteiger partial charge in [0.25, 0.3) is 0 Å². The Bertz CT molecular complexity index is 805. The average Bonchev–Trinajstić information content (AvgIpc) is 2.78. The van der Waals surface area contributed by atoms with Gasteiger partial charge >= 0.3 is 0 Å². The molecule has 3 rings (SSSR count). The van der Waals surface area contributed by atoms with E-state index in [0.29, 0.717) is 25.4 Å². The molecule has 0 unspecified atom stereocenters. The van der Waals surface area contributed by atoms with Gasteiger partial charge in [-0.05, 0) is 25.8 Å². The third kappa shape index (κ3) is 3.95. The van der Waals surface area contributed by atoms with Gasteiger partial charge in [0.1, 0.15) is 16.2 Å². The zero-order chi connectivity index (χ0) is 18.0. The lowest BCUT2D eigenvalue weighted by molar-refractivity contribution is -0.130. The molecule has 134 valence electrons. The van der Waals surface area contributed by atoms with Crippen LogP contribution in [0.5, 0.6) is 0 Å². The van der Waals surface area contributed by atoms with Gasteiger partial charge in [0.15, 0.2) is 0 Å². The van der Waals surface area contributed by atoms with Crippen LogP contribution in [0.1, 0.15) is 23.8 Å². The molecule has 0 radical (unpaired) electrons. The summed E-state index contributed by atoms with van der Waals surface area (Å²) in [6.45, 7) is 8.40. The van der Waals surface area contributed by atoms with Crippen molar-refractivity contribution in [3.63, 3.8) is 0 Å². The number of hydrogen-bond acceptors (Lipinski definition) is 6. The van der Waals surface area contributed by atoms with Crippen LogP contribution in [0.25, 0.3) is 10.2 Å². The fraction of sp³-hybridized carbons (Fsp3) is 0.529. The second-order valence-corrected chi connectivity index (χ2v) is 8.34. The molecule has 25 heavy (non-hydrogen) atoms. The molecule has 2 aromatic rings. The SMILES string of the molecule is CC(=O)N1CCCN(C(=O)CSc2ncnc3sc(C)c(C)c23)CC1. The van der Waals surface area contributed by atoms with Gasteiger partial charge < -0.3 is 9.80 Å². The van der Waals surface area contributed by atoms with E-state index in [-0.39, 0.29) is 11.8 Å². The average molecular weight is 379 g/mol. The largest absolute Gasteiger partial charge is 0.341 e. The smallest absolute Gasteiger partial charge is 0.233 e. The Balaban J connectivity index is 1.66. The van der Waals surface area contributed by atoms with Crippen LogP contribution in [0.3, 0.4) is 0 Å². The van der Waals surface area contributed by atoms with Gasteiger partial charge in [-0.3, -0.25) is 9.59 Å². The van der Waals surface area contributed by atoms with Crippen LogP contribution in [0, 0.1) is 13.8 Å². The summed E-state index contributed by atoms with van der Waals surface area (Å²) in [7, 11) is 0. The highest BCUT2D eigenvalue weighted by Crippen LogP contribution is 2.34. The number of rotatable bonds is 3. The number of aromatic nitrogens is 2. The Morgan fingerprint density at radius 2 is 1.88 bits per heavy atom. The number of carbonyl (C=O) groups excluding carboxylic acids is 2. The van der Waals surface area contributed by atoms with E-state index in [0.717, 1.165) is 28.2 Å². The molecule has 0 atom stereocenters. The summed E-state index contributed by atoms with van der Waals surface area (Å²) in [5, 5.41) is 1.95. The lowest BCUT2D eigenvalue weighted by Gasteiger charge is -2.21. The van der Waals surface area contributed by atoms with Crippen molar-refractivity contribution in [2.24, 2.45) is 0 Å². The number of nitrogens with zero attached hydrogens (tertiary/aromatic N) is 4. The molecule has 0 saturated carbocycles. The van der Waals surface area contributed by atoms with Crippen molar-refractivity contribution in [1.82, 2.24) is 19.8 Å². The van der Waals surface area contributed by atoms with Crippen LogP contribution in [0.2, 0.25) is 0 Å². The third-order valence-corrected chi connectivity index (χ3v) is 6.65. The summed E-state index contributed by atoms with van der Waals surface area (Å²) in [6.07, 6.45) is 2.40. The van der Waals surface area contributed by atoms with Crippen molar-refractivity contribution in [2.75, 3.05) is 31.9 Å². The highest BCUT2D eigenvalue weighted by Gasteiger charge is 2.21. The van der Waals surface area contributed by atoms with Crippen LogP contribution in [0.15, 0.2) is 11.4 Å². The molecular weight excluding hydrogens is 356 g/mol. The lowest BCUT2D eigenvalue weighted by Crippen LogP contribution is -2.37. The molecular formula is C17H22N4O2S2. The fourth-order valence-corrected chi connectivity index (χ4v) is 4.98. The molecule has 2 aromatic heterocycles. The van der Waals surface area contributed by atoms with Crippen molar-refractivity contribution < 1.29 is 9.59 Å². The van der Waals surface area contributed by atoms with E-state index in [9.17, 15) is 9.59 Å². The zero-order valence-corrected chi connectivity index (χ0v) is 16.4. The van der Waals surface area contributed by atoms with Gasteiger partial charge in [0.2, 0.25) is 11.8 Å². The summed E-state index contributed by atoms with van der Waals surface area (Å²) in [6, 6.07) is 0. The second-order valence-electron chi connectivity index (χ2n) is 6.17. The first kappa shape index (κ1) is 18.1. The number of hydrogen-bond donors (Lipinski definition) is 0. The molecule has 1 fully saturated rings. The van der Waals surface area contributed by atoms with Crippen molar-refractivity contribution in [3.8, 4) is 0 Å². The van der Waals surface area contributed by atoms with Gasteiger partial charge in [-0.1, -0.05) is 11.8 Å². The zero-order valence-electron chi connectivity index (χ0n) is 14.7. The van der Waals surface area contributed by atoms with Gasteiger partial charge in [-0.25, -0.2) is 9.97 Å². The van der Waals surface area contributed by atoms with Crippen LogP contribution in [0.4, 0.5) is 0 Å². The van der Waals surface area contributed by atoms with Crippen molar-refractivity contribution in [2.45, 2.75) is 32.2 Å². The minimum Gasteiger partial charge on any atom is -0.341 e. The Labute approximate surface area is 155 Å². The number of aryl methyl sites for hydroxylation is 2. The third-order valence-electron chi connectivity index (χ3n) is 4.56. The van der Waals surface area contributed by atoms with E-state index in [1.54, 1.807) is 24.6 Å². The minimum atomic E-state index is 0.0790. The number of thioether (sulfide) groups is 1. The van der Waals surface area contributed by atoms with Crippen molar-refractivity contribution >= 4 is 45.1 Å². The number of thiophene rings is 1. The van der Waals surface area contributed by atoms with Gasteiger partial charge in [0, 0.05) is 43.4 Å². The van der Waals surface area contributed by atoms with E-state index in [4.69, 9.17) is 0 Å². The maximum Gasteiger partial charge on any atom is 0.233 e. The number of fused-ring (bicyclic) bond motifs is 1. The highest BCUT2D eigenvalue weighted by atomic mass is 32.2. The first-order valence-electron chi connectivity index (χ1n) is 8.34. The van der Waals surface area contributed by atoms with Crippen LogP contribution in [-0.4, -0.2) is 63.5 Å². The summed E-state index contributed by atoms with van der Waals surface area (Å²) >= 11 is 3.14. The molecule has 2 amide bonds. The second kappa shape index (κ2) is 7.70. The normalized spacial score (nSPS) is 15.5. The van der Waals surface area contributed by atoms with Gasteiger partial charge in [-0.2, -0.15) is 0 Å². The van der Waals surface area contributed by atoms with Crippen LogP contribution >= 0.6 is 23.1 Å². The molecule has 6 nitrogen and oxygen atoms in total. The Kier molecular flexibility index (Phi) is 5.58. The first-order chi connectivity index (χ1) is 12.0. The summed E-state index contributed by atoms with van der Waals surface area (Å²) < 4.78 is 0. The monoisotopic (exact) mass is 378 g/mol. The predicted octanol–water partition coefficient (Wildman–Crippen LogP) is 2.48. The predicted molar refractivity (Wildman–Crippen MR) is 101 cm³/mol. The summed E-state index contributed by atoms with van der Waals surface area (Å²) in [4.78, 5) is 38.7. The first-order valence-corrected chi connectivity index (χ1v) is 10.1.